The van der Waals surface area contributed by atoms with Crippen LogP contribution in [0.2, 0.25) is 0 Å². The third kappa shape index (κ3) is 1.31. The van der Waals surface area contributed by atoms with Crippen molar-refractivity contribution in [1.82, 2.24) is 10.6 Å². The van der Waals surface area contributed by atoms with Gasteiger partial charge in [-0.1, -0.05) is 5.16 Å². The first-order valence-electron chi connectivity index (χ1n) is 4.14. The molecule has 2 N–H and O–H groups in total. The van der Waals surface area contributed by atoms with Crippen molar-refractivity contribution < 1.29 is 14.5 Å². The van der Waals surface area contributed by atoms with Crippen molar-refractivity contribution in [3.05, 3.63) is 17.0 Å². The highest BCUT2D eigenvalue weighted by Gasteiger charge is 2.33. The van der Waals surface area contributed by atoms with E-state index >= 15 is 0 Å². The molecule has 1 aliphatic rings. The minimum absolute atomic E-state index is 0.313. The maximum absolute atomic E-state index is 11.2. The molecule has 5 heteroatoms. The van der Waals surface area contributed by atoms with Crippen molar-refractivity contribution in [1.29, 1.82) is 0 Å². The number of nitrogens with one attached hydrogen (secondary N) is 1. The summed E-state index contributed by atoms with van der Waals surface area (Å²) in [5.41, 5.74) is 2.49. The monoisotopic (exact) mass is 182 g/mol. The van der Waals surface area contributed by atoms with E-state index in [0.717, 1.165) is 12.8 Å². The lowest BCUT2D eigenvalue weighted by Gasteiger charge is -1.97. The van der Waals surface area contributed by atoms with Crippen LogP contribution in [-0.4, -0.2) is 16.3 Å². The molecule has 1 aromatic rings. The summed E-state index contributed by atoms with van der Waals surface area (Å²) in [5, 5.41) is 12.2. The molecule has 0 bridgehead atoms. The molecule has 1 aromatic heterocycles. The van der Waals surface area contributed by atoms with Crippen LogP contribution in [0.25, 0.3) is 0 Å². The molecule has 1 fully saturated rings. The normalized spacial score (nSPS) is 15.8. The first kappa shape index (κ1) is 8.25. The fourth-order valence-electron chi connectivity index (χ4n) is 1.34. The average molecular weight is 182 g/mol. The van der Waals surface area contributed by atoms with Crippen molar-refractivity contribution >= 4 is 5.91 Å². The number of rotatable bonds is 2. The van der Waals surface area contributed by atoms with Crippen molar-refractivity contribution in [2.75, 3.05) is 0 Å². The van der Waals surface area contributed by atoms with Gasteiger partial charge in [-0.2, -0.15) is 0 Å². The second-order valence-electron chi connectivity index (χ2n) is 3.22. The van der Waals surface area contributed by atoms with Crippen LogP contribution in [-0.2, 0) is 0 Å². The lowest BCUT2D eigenvalue weighted by Crippen LogP contribution is -2.20. The van der Waals surface area contributed by atoms with Gasteiger partial charge in [0.1, 0.15) is 5.56 Å². The predicted molar refractivity (Wildman–Crippen MR) is 42.5 cm³/mol. The zero-order chi connectivity index (χ0) is 9.42. The third-order valence-electron chi connectivity index (χ3n) is 2.17. The van der Waals surface area contributed by atoms with Gasteiger partial charge < -0.3 is 4.52 Å². The molecule has 0 radical (unpaired) electrons. The van der Waals surface area contributed by atoms with Gasteiger partial charge in [-0.05, 0) is 19.8 Å². The lowest BCUT2D eigenvalue weighted by atomic mass is 10.1. The highest BCUT2D eigenvalue weighted by molar-refractivity contribution is 5.95. The van der Waals surface area contributed by atoms with E-state index in [2.05, 4.69) is 5.16 Å². The number of aromatic nitrogens is 1. The summed E-state index contributed by atoms with van der Waals surface area (Å²) in [6, 6.07) is 0. The maximum Gasteiger partial charge on any atom is 0.280 e. The summed E-state index contributed by atoms with van der Waals surface area (Å²) in [6.07, 6.45) is 2.06. The SMILES string of the molecule is Cc1noc(C2CC2)c1C(=O)NO. The Morgan fingerprint density at radius 3 is 2.92 bits per heavy atom. The van der Waals surface area contributed by atoms with Crippen molar-refractivity contribution in [2.45, 2.75) is 25.7 Å². The summed E-state index contributed by atoms with van der Waals surface area (Å²) in [5.74, 6) is 0.373. The molecule has 1 amide bonds. The Morgan fingerprint density at radius 1 is 1.69 bits per heavy atom. The summed E-state index contributed by atoms with van der Waals surface area (Å²) < 4.78 is 5.02. The van der Waals surface area contributed by atoms with Crippen LogP contribution in [0.5, 0.6) is 0 Å². The third-order valence-corrected chi connectivity index (χ3v) is 2.17. The summed E-state index contributed by atoms with van der Waals surface area (Å²) >= 11 is 0. The van der Waals surface area contributed by atoms with Crippen LogP contribution in [0, 0.1) is 6.92 Å². The second kappa shape index (κ2) is 2.85. The molecule has 2 rings (SSSR count). The molecule has 5 nitrogen and oxygen atoms in total. The quantitative estimate of drug-likeness (QED) is 0.528. The van der Waals surface area contributed by atoms with Crippen LogP contribution in [0.4, 0.5) is 0 Å². The lowest BCUT2D eigenvalue weighted by molar-refractivity contribution is 0.0703. The van der Waals surface area contributed by atoms with Crippen molar-refractivity contribution in [2.24, 2.45) is 0 Å². The standard InChI is InChI=1S/C8H10N2O3/c1-4-6(8(11)9-12)7(13-10-4)5-2-3-5/h5,12H,2-3H2,1H3,(H,9,11). The van der Waals surface area contributed by atoms with E-state index in [-0.39, 0.29) is 0 Å². The van der Waals surface area contributed by atoms with Gasteiger partial charge in [-0.15, -0.1) is 0 Å². The van der Waals surface area contributed by atoms with E-state index in [1.54, 1.807) is 12.4 Å². The smallest absolute Gasteiger partial charge is 0.280 e. The average Bonchev–Trinajstić information content (AvgIpc) is 2.89. The number of amides is 1. The summed E-state index contributed by atoms with van der Waals surface area (Å²) in [6.45, 7) is 1.68. The highest BCUT2D eigenvalue weighted by atomic mass is 16.5. The van der Waals surface area contributed by atoms with E-state index in [1.165, 1.54) is 0 Å². The molecule has 0 aliphatic heterocycles. The van der Waals surface area contributed by atoms with Gasteiger partial charge in [0.15, 0.2) is 5.76 Å². The van der Waals surface area contributed by atoms with Crippen LogP contribution in [0.1, 0.15) is 40.6 Å². The first-order valence-corrected chi connectivity index (χ1v) is 4.14. The zero-order valence-corrected chi connectivity index (χ0v) is 7.20. The van der Waals surface area contributed by atoms with Gasteiger partial charge in [-0.3, -0.25) is 10.0 Å². The van der Waals surface area contributed by atoms with Crippen molar-refractivity contribution in [3.8, 4) is 0 Å². The fraction of sp³-hybridized carbons (Fsp3) is 0.500. The molecule has 0 aromatic carbocycles. The zero-order valence-electron chi connectivity index (χ0n) is 7.20. The molecule has 0 spiro atoms. The predicted octanol–water partition coefficient (Wildman–Crippen LogP) is 0.979. The van der Waals surface area contributed by atoms with Gasteiger partial charge >= 0.3 is 0 Å². The van der Waals surface area contributed by atoms with Gasteiger partial charge in [0.2, 0.25) is 0 Å². The Hall–Kier alpha value is -1.36. The van der Waals surface area contributed by atoms with E-state index in [0.29, 0.717) is 22.9 Å². The minimum atomic E-state index is -0.541. The fourth-order valence-corrected chi connectivity index (χ4v) is 1.34. The number of nitrogens with zero attached hydrogens (tertiary/aromatic N) is 1. The maximum atomic E-state index is 11.2. The van der Waals surface area contributed by atoms with Crippen LogP contribution >= 0.6 is 0 Å². The van der Waals surface area contributed by atoms with E-state index in [1.807, 2.05) is 0 Å². The molecule has 1 heterocycles. The number of carbonyl (C=O) groups is 1. The molecule has 1 aliphatic carbocycles. The van der Waals surface area contributed by atoms with Crippen LogP contribution in [0.3, 0.4) is 0 Å². The number of hydrogen-bond donors (Lipinski definition) is 2. The van der Waals surface area contributed by atoms with Gasteiger partial charge in [0.25, 0.3) is 5.91 Å². The Labute approximate surface area is 74.7 Å². The Kier molecular flexibility index (Phi) is 1.81. The molecule has 70 valence electrons. The summed E-state index contributed by atoms with van der Waals surface area (Å²) in [4.78, 5) is 11.2. The van der Waals surface area contributed by atoms with Gasteiger partial charge in [0.05, 0.1) is 5.69 Å². The molecule has 13 heavy (non-hydrogen) atoms. The Bertz CT molecular complexity index is 341. The molecular weight excluding hydrogens is 172 g/mol. The minimum Gasteiger partial charge on any atom is -0.360 e. The number of aryl methyl sites for hydroxylation is 1. The molecular formula is C8H10N2O3. The highest BCUT2D eigenvalue weighted by Crippen LogP contribution is 2.42. The van der Waals surface area contributed by atoms with Gasteiger partial charge in [0, 0.05) is 5.92 Å². The molecule has 1 saturated carbocycles. The number of hydrogen-bond acceptors (Lipinski definition) is 4. The van der Waals surface area contributed by atoms with E-state index in [4.69, 9.17) is 9.73 Å². The Balaban J connectivity index is 2.39. The van der Waals surface area contributed by atoms with Crippen LogP contribution < -0.4 is 5.48 Å². The summed E-state index contributed by atoms with van der Waals surface area (Å²) in [7, 11) is 0. The number of carbonyl (C=O) groups excluding carboxylic acids is 1. The van der Waals surface area contributed by atoms with Gasteiger partial charge in [-0.25, -0.2) is 5.48 Å². The van der Waals surface area contributed by atoms with Crippen molar-refractivity contribution in [3.63, 3.8) is 0 Å². The molecule has 0 atom stereocenters. The Morgan fingerprint density at radius 2 is 2.38 bits per heavy atom. The first-order chi connectivity index (χ1) is 6.24. The topological polar surface area (TPSA) is 75.4 Å². The second-order valence-corrected chi connectivity index (χ2v) is 3.22. The number of hydroxylamine groups is 1. The van der Waals surface area contributed by atoms with E-state index in [9.17, 15) is 4.79 Å². The molecule has 0 unspecified atom stereocenters. The molecule has 0 saturated heterocycles. The van der Waals surface area contributed by atoms with Crippen LogP contribution in [0.15, 0.2) is 4.52 Å². The largest absolute Gasteiger partial charge is 0.360 e. The van der Waals surface area contributed by atoms with E-state index < -0.39 is 5.91 Å².